The monoisotopic (exact) mass is 463 g/mol. The Kier molecular flexibility index (Phi) is 7.96. The van der Waals surface area contributed by atoms with E-state index in [0.29, 0.717) is 24.9 Å². The van der Waals surface area contributed by atoms with E-state index >= 15 is 0 Å². The average Bonchev–Trinajstić information content (AvgIpc) is 3.60. The van der Waals surface area contributed by atoms with Gasteiger partial charge in [-0.15, -0.1) is 6.42 Å². The summed E-state index contributed by atoms with van der Waals surface area (Å²) in [6.07, 6.45) is 6.92. The van der Waals surface area contributed by atoms with Gasteiger partial charge >= 0.3 is 0 Å². The minimum atomic E-state index is -0.681. The number of nitrogens with zero attached hydrogens (tertiary/aromatic N) is 3. The van der Waals surface area contributed by atoms with Gasteiger partial charge in [-0.2, -0.15) is 5.10 Å². The number of aliphatic hydroxyl groups excluding tert-OH is 1. The standard InChI is InChI=1S/C27H30FN3O3/c1-3-15-33-19-22(32)17-31(16-20-13-14-20)18-23-26(21-9-5-4-6-10-21)29-30(2)27(23)34-25-12-8-7-11-24(25)28/h1,4-12,20,22,32H,13-19H2,2H3/t22-/m1/s1. The fraction of sp³-hybridized carbons (Fsp3) is 0.370. The summed E-state index contributed by atoms with van der Waals surface area (Å²) in [4.78, 5) is 2.19. The Morgan fingerprint density at radius 1 is 1.21 bits per heavy atom. The van der Waals surface area contributed by atoms with E-state index in [2.05, 4.69) is 10.8 Å². The number of aliphatic hydroxyl groups is 1. The van der Waals surface area contributed by atoms with Crippen LogP contribution < -0.4 is 4.74 Å². The molecule has 1 aromatic heterocycles. The SMILES string of the molecule is C#CCOC[C@H](O)CN(Cc1c(-c2ccccc2)nn(C)c1Oc1ccccc1F)CC1CC1. The largest absolute Gasteiger partial charge is 0.436 e. The highest BCUT2D eigenvalue weighted by Gasteiger charge is 2.28. The van der Waals surface area contributed by atoms with Crippen molar-refractivity contribution in [1.29, 1.82) is 0 Å². The van der Waals surface area contributed by atoms with E-state index in [4.69, 9.17) is 21.0 Å². The maximum Gasteiger partial charge on any atom is 0.222 e. The second-order valence-electron chi connectivity index (χ2n) is 8.66. The number of ether oxygens (including phenoxy) is 2. The lowest BCUT2D eigenvalue weighted by Crippen LogP contribution is -2.36. The Labute approximate surface area is 199 Å². The zero-order valence-electron chi connectivity index (χ0n) is 19.4. The molecule has 1 aliphatic carbocycles. The van der Waals surface area contributed by atoms with Crippen molar-refractivity contribution in [2.45, 2.75) is 25.5 Å². The van der Waals surface area contributed by atoms with Crippen LogP contribution in [0, 0.1) is 24.1 Å². The Morgan fingerprint density at radius 3 is 2.65 bits per heavy atom. The second-order valence-corrected chi connectivity index (χ2v) is 8.66. The molecule has 0 bridgehead atoms. The first kappa shape index (κ1) is 24.0. The van der Waals surface area contributed by atoms with Crippen molar-refractivity contribution in [3.63, 3.8) is 0 Å². The van der Waals surface area contributed by atoms with Crippen molar-refractivity contribution in [3.05, 3.63) is 66.0 Å². The van der Waals surface area contributed by atoms with Gasteiger partial charge in [-0.05, 0) is 30.9 Å². The van der Waals surface area contributed by atoms with E-state index in [1.54, 1.807) is 29.9 Å². The first-order valence-electron chi connectivity index (χ1n) is 11.5. The topological polar surface area (TPSA) is 59.8 Å². The summed E-state index contributed by atoms with van der Waals surface area (Å²) < 4.78 is 27.5. The number of hydrogen-bond donors (Lipinski definition) is 1. The van der Waals surface area contributed by atoms with Crippen LogP contribution in [-0.2, 0) is 18.3 Å². The highest BCUT2D eigenvalue weighted by Crippen LogP contribution is 2.36. The third-order valence-corrected chi connectivity index (χ3v) is 5.74. The number of benzene rings is 2. The van der Waals surface area contributed by atoms with Crippen molar-refractivity contribution in [2.24, 2.45) is 13.0 Å². The molecule has 1 atom stereocenters. The molecule has 4 rings (SSSR count). The number of para-hydroxylation sites is 1. The van der Waals surface area contributed by atoms with Crippen LogP contribution in [0.15, 0.2) is 54.6 Å². The van der Waals surface area contributed by atoms with Gasteiger partial charge in [0.05, 0.1) is 18.3 Å². The quantitative estimate of drug-likeness (QED) is 0.322. The summed E-state index contributed by atoms with van der Waals surface area (Å²) >= 11 is 0. The molecular formula is C27H30FN3O3. The third-order valence-electron chi connectivity index (χ3n) is 5.74. The lowest BCUT2D eigenvalue weighted by atomic mass is 10.1. The van der Waals surface area contributed by atoms with Gasteiger partial charge in [0, 0.05) is 32.2 Å². The predicted octanol–water partition coefficient (Wildman–Crippen LogP) is 4.24. The van der Waals surface area contributed by atoms with Gasteiger partial charge < -0.3 is 14.6 Å². The molecule has 2 aromatic carbocycles. The fourth-order valence-electron chi connectivity index (χ4n) is 3.98. The number of hydrogen-bond acceptors (Lipinski definition) is 5. The molecule has 7 heteroatoms. The van der Waals surface area contributed by atoms with Crippen LogP contribution in [0.4, 0.5) is 4.39 Å². The van der Waals surface area contributed by atoms with Crippen molar-refractivity contribution >= 4 is 0 Å². The van der Waals surface area contributed by atoms with Gasteiger partial charge in [0.1, 0.15) is 12.3 Å². The van der Waals surface area contributed by atoms with Gasteiger partial charge in [0.25, 0.3) is 0 Å². The fourth-order valence-corrected chi connectivity index (χ4v) is 3.98. The predicted molar refractivity (Wildman–Crippen MR) is 129 cm³/mol. The van der Waals surface area contributed by atoms with Crippen LogP contribution in [0.1, 0.15) is 18.4 Å². The van der Waals surface area contributed by atoms with E-state index in [0.717, 1.165) is 23.4 Å². The molecule has 1 saturated carbocycles. The number of terminal acetylenes is 1. The maximum absolute atomic E-state index is 14.4. The Bertz CT molecular complexity index is 1120. The number of aryl methyl sites for hydroxylation is 1. The van der Waals surface area contributed by atoms with Gasteiger partial charge in [-0.25, -0.2) is 9.07 Å². The Balaban J connectivity index is 1.65. The Hall–Kier alpha value is -3.18. The summed E-state index contributed by atoms with van der Waals surface area (Å²) in [5.74, 6) is 3.20. The van der Waals surface area contributed by atoms with Gasteiger partial charge in [0.15, 0.2) is 11.6 Å². The highest BCUT2D eigenvalue weighted by molar-refractivity contribution is 5.65. The zero-order valence-corrected chi connectivity index (χ0v) is 19.4. The van der Waals surface area contributed by atoms with Crippen molar-refractivity contribution in [1.82, 2.24) is 14.7 Å². The van der Waals surface area contributed by atoms with Crippen LogP contribution >= 0.6 is 0 Å². The molecule has 0 aliphatic heterocycles. The van der Waals surface area contributed by atoms with Gasteiger partial charge in [-0.3, -0.25) is 4.90 Å². The molecule has 0 spiro atoms. The molecule has 1 fully saturated rings. The molecule has 6 nitrogen and oxygen atoms in total. The molecule has 3 aromatic rings. The van der Waals surface area contributed by atoms with Crippen LogP contribution in [0.25, 0.3) is 11.3 Å². The summed E-state index contributed by atoms with van der Waals surface area (Å²) in [6.45, 7) is 2.09. The van der Waals surface area contributed by atoms with Gasteiger partial charge in [-0.1, -0.05) is 48.4 Å². The summed E-state index contributed by atoms with van der Waals surface area (Å²) in [7, 11) is 1.79. The van der Waals surface area contributed by atoms with Crippen LogP contribution in [0.2, 0.25) is 0 Å². The first-order valence-corrected chi connectivity index (χ1v) is 11.5. The summed E-state index contributed by atoms with van der Waals surface area (Å²) in [5, 5.41) is 15.3. The maximum atomic E-state index is 14.4. The van der Waals surface area contributed by atoms with Crippen LogP contribution in [0.3, 0.4) is 0 Å². The number of rotatable bonds is 12. The summed E-state index contributed by atoms with van der Waals surface area (Å²) in [5.41, 5.74) is 2.56. The Morgan fingerprint density at radius 2 is 1.94 bits per heavy atom. The molecule has 1 aliphatic rings. The molecule has 1 heterocycles. The van der Waals surface area contributed by atoms with Crippen LogP contribution in [-0.4, -0.2) is 52.2 Å². The summed E-state index contributed by atoms with van der Waals surface area (Å²) in [6, 6.07) is 16.2. The molecule has 34 heavy (non-hydrogen) atoms. The van der Waals surface area contributed by atoms with Gasteiger partial charge in [0.2, 0.25) is 5.88 Å². The normalized spacial score (nSPS) is 14.2. The average molecular weight is 464 g/mol. The molecule has 1 N–H and O–H groups in total. The molecule has 0 unspecified atom stereocenters. The van der Waals surface area contributed by atoms with E-state index < -0.39 is 11.9 Å². The van der Waals surface area contributed by atoms with E-state index in [9.17, 15) is 9.50 Å². The van der Waals surface area contributed by atoms with E-state index in [1.165, 1.54) is 18.9 Å². The van der Waals surface area contributed by atoms with E-state index in [-0.39, 0.29) is 19.0 Å². The lowest BCUT2D eigenvalue weighted by molar-refractivity contribution is 0.0250. The second kappa shape index (κ2) is 11.3. The zero-order chi connectivity index (χ0) is 23.9. The number of halogens is 1. The minimum absolute atomic E-state index is 0.142. The first-order chi connectivity index (χ1) is 16.5. The number of aromatic nitrogens is 2. The molecule has 0 saturated heterocycles. The van der Waals surface area contributed by atoms with Crippen molar-refractivity contribution in [3.8, 4) is 35.2 Å². The lowest BCUT2D eigenvalue weighted by Gasteiger charge is -2.25. The van der Waals surface area contributed by atoms with E-state index in [1.807, 2.05) is 30.3 Å². The highest BCUT2D eigenvalue weighted by atomic mass is 19.1. The molecule has 0 radical (unpaired) electrons. The smallest absolute Gasteiger partial charge is 0.222 e. The molecule has 178 valence electrons. The van der Waals surface area contributed by atoms with Crippen molar-refractivity contribution < 1.29 is 19.0 Å². The molecule has 0 amide bonds. The van der Waals surface area contributed by atoms with Crippen molar-refractivity contribution in [2.75, 3.05) is 26.3 Å². The molecular weight excluding hydrogens is 433 g/mol. The minimum Gasteiger partial charge on any atom is -0.436 e. The third kappa shape index (κ3) is 6.23. The van der Waals surface area contributed by atoms with Crippen LogP contribution in [0.5, 0.6) is 11.6 Å².